The van der Waals surface area contributed by atoms with Crippen LogP contribution in [0.3, 0.4) is 0 Å². The first kappa shape index (κ1) is 22.2. The fourth-order valence-corrected chi connectivity index (χ4v) is 3.10. The molecule has 0 fully saturated rings. The molecule has 0 aliphatic rings. The number of ketones is 1. The van der Waals surface area contributed by atoms with Crippen LogP contribution in [-0.4, -0.2) is 27.1 Å². The van der Waals surface area contributed by atoms with Crippen LogP contribution in [0.1, 0.15) is 21.5 Å². The van der Waals surface area contributed by atoms with Crippen molar-refractivity contribution in [1.82, 2.24) is 0 Å². The minimum atomic E-state index is -0.189. The zero-order valence-electron chi connectivity index (χ0n) is 17.6. The van der Waals surface area contributed by atoms with Crippen LogP contribution in [0.15, 0.2) is 66.7 Å². The first-order valence-electron chi connectivity index (χ1n) is 9.53. The van der Waals surface area contributed by atoms with Gasteiger partial charge in [0.05, 0.1) is 26.9 Å². The average Bonchev–Trinajstić information content (AvgIpc) is 2.81. The molecule has 160 valence electrons. The molecule has 3 aromatic rings. The molecule has 0 unspecified atom stereocenters. The second kappa shape index (κ2) is 10.5. The molecule has 0 amide bonds. The van der Waals surface area contributed by atoms with Crippen molar-refractivity contribution < 1.29 is 23.7 Å². The Balaban J connectivity index is 1.78. The van der Waals surface area contributed by atoms with E-state index in [2.05, 4.69) is 0 Å². The molecule has 0 saturated carbocycles. The molecule has 0 atom stereocenters. The van der Waals surface area contributed by atoms with Crippen molar-refractivity contribution in [3.63, 3.8) is 0 Å². The quantitative estimate of drug-likeness (QED) is 0.310. The Morgan fingerprint density at radius 2 is 1.52 bits per heavy atom. The topological polar surface area (TPSA) is 54.0 Å². The number of methoxy groups -OCH3 is 3. The highest BCUT2D eigenvalue weighted by molar-refractivity contribution is 6.30. The van der Waals surface area contributed by atoms with Gasteiger partial charge in [0.2, 0.25) is 0 Å². The standard InChI is InChI=1S/C25H23ClO5/c1-28-21-10-13-25(30-3)22(15-21)23(27)11-4-17-5-12-24(29-2)18(14-17)16-31-20-8-6-19(26)7-9-20/h4-15H,16H2,1-3H3/b11-4+. The first-order valence-corrected chi connectivity index (χ1v) is 9.91. The number of halogens is 1. The molecule has 0 N–H and O–H groups in total. The summed E-state index contributed by atoms with van der Waals surface area (Å²) < 4.78 is 21.8. The average molecular weight is 439 g/mol. The van der Waals surface area contributed by atoms with Crippen LogP contribution in [0.2, 0.25) is 5.02 Å². The van der Waals surface area contributed by atoms with Gasteiger partial charge in [-0.2, -0.15) is 0 Å². The molecule has 0 aromatic heterocycles. The maximum absolute atomic E-state index is 12.7. The second-order valence-corrected chi connectivity index (χ2v) is 7.01. The molecule has 0 spiro atoms. The van der Waals surface area contributed by atoms with E-state index in [0.717, 1.165) is 11.1 Å². The SMILES string of the molecule is COc1ccc(OC)c(C(=O)/C=C/c2ccc(OC)c(COc3ccc(Cl)cc3)c2)c1. The van der Waals surface area contributed by atoms with Crippen molar-refractivity contribution >= 4 is 23.5 Å². The minimum Gasteiger partial charge on any atom is -0.497 e. The van der Waals surface area contributed by atoms with Gasteiger partial charge in [0.15, 0.2) is 5.78 Å². The highest BCUT2D eigenvalue weighted by atomic mass is 35.5. The number of benzene rings is 3. The smallest absolute Gasteiger partial charge is 0.189 e. The summed E-state index contributed by atoms with van der Waals surface area (Å²) in [6, 6.07) is 17.9. The zero-order chi connectivity index (χ0) is 22.2. The zero-order valence-corrected chi connectivity index (χ0v) is 18.3. The number of rotatable bonds is 9. The lowest BCUT2D eigenvalue weighted by molar-refractivity contribution is 0.104. The van der Waals surface area contributed by atoms with Gasteiger partial charge in [-0.15, -0.1) is 0 Å². The summed E-state index contributed by atoms with van der Waals surface area (Å²) in [7, 11) is 4.69. The van der Waals surface area contributed by atoms with Gasteiger partial charge in [0.1, 0.15) is 29.6 Å². The highest BCUT2D eigenvalue weighted by Gasteiger charge is 2.11. The van der Waals surface area contributed by atoms with E-state index >= 15 is 0 Å². The van der Waals surface area contributed by atoms with E-state index in [-0.39, 0.29) is 5.78 Å². The molecule has 3 rings (SSSR count). The molecule has 0 saturated heterocycles. The second-order valence-electron chi connectivity index (χ2n) is 6.58. The van der Waals surface area contributed by atoms with Crippen molar-refractivity contribution in [3.8, 4) is 23.0 Å². The molecular weight excluding hydrogens is 416 g/mol. The van der Waals surface area contributed by atoms with Crippen molar-refractivity contribution in [2.75, 3.05) is 21.3 Å². The predicted molar refractivity (Wildman–Crippen MR) is 122 cm³/mol. The van der Waals surface area contributed by atoms with Gasteiger partial charge in [0.25, 0.3) is 0 Å². The van der Waals surface area contributed by atoms with Gasteiger partial charge in [-0.25, -0.2) is 0 Å². The lowest BCUT2D eigenvalue weighted by atomic mass is 10.1. The van der Waals surface area contributed by atoms with Crippen LogP contribution in [0, 0.1) is 0 Å². The summed E-state index contributed by atoms with van der Waals surface area (Å²) in [6.45, 7) is 0.310. The number of carbonyl (C=O) groups excluding carboxylic acids is 1. The van der Waals surface area contributed by atoms with Crippen LogP contribution in [0.25, 0.3) is 6.08 Å². The Hall–Kier alpha value is -3.44. The summed E-state index contributed by atoms with van der Waals surface area (Å²) in [5, 5.41) is 0.648. The minimum absolute atomic E-state index is 0.189. The predicted octanol–water partition coefficient (Wildman–Crippen LogP) is 5.84. The maximum atomic E-state index is 12.7. The molecule has 6 heteroatoms. The van der Waals surface area contributed by atoms with E-state index < -0.39 is 0 Å². The van der Waals surface area contributed by atoms with Crippen molar-refractivity contribution in [1.29, 1.82) is 0 Å². The Morgan fingerprint density at radius 1 is 0.839 bits per heavy atom. The van der Waals surface area contributed by atoms with E-state index in [1.54, 1.807) is 62.8 Å². The molecule has 0 radical (unpaired) electrons. The lowest BCUT2D eigenvalue weighted by Crippen LogP contribution is -2.00. The monoisotopic (exact) mass is 438 g/mol. The number of hydrogen-bond acceptors (Lipinski definition) is 5. The Bertz CT molecular complexity index is 1070. The summed E-state index contributed by atoms with van der Waals surface area (Å²) in [6.07, 6.45) is 3.25. The largest absolute Gasteiger partial charge is 0.497 e. The van der Waals surface area contributed by atoms with E-state index in [4.69, 9.17) is 30.5 Å². The maximum Gasteiger partial charge on any atom is 0.189 e. The van der Waals surface area contributed by atoms with Crippen LogP contribution < -0.4 is 18.9 Å². The molecule has 31 heavy (non-hydrogen) atoms. The van der Waals surface area contributed by atoms with Crippen LogP contribution in [-0.2, 0) is 6.61 Å². The molecule has 0 bridgehead atoms. The van der Waals surface area contributed by atoms with Gasteiger partial charge in [-0.3, -0.25) is 4.79 Å². The van der Waals surface area contributed by atoms with E-state index in [9.17, 15) is 4.79 Å². The van der Waals surface area contributed by atoms with Gasteiger partial charge in [-0.1, -0.05) is 23.7 Å². The molecule has 3 aromatic carbocycles. The van der Waals surface area contributed by atoms with Crippen LogP contribution in [0.5, 0.6) is 23.0 Å². The summed E-state index contributed by atoms with van der Waals surface area (Å²) >= 11 is 5.91. The van der Waals surface area contributed by atoms with Crippen molar-refractivity contribution in [3.05, 3.63) is 88.5 Å². The van der Waals surface area contributed by atoms with E-state index in [1.165, 1.54) is 13.2 Å². The van der Waals surface area contributed by atoms with Crippen molar-refractivity contribution in [2.45, 2.75) is 6.61 Å². The van der Waals surface area contributed by atoms with Gasteiger partial charge < -0.3 is 18.9 Å². The molecule has 0 aliphatic carbocycles. The first-order chi connectivity index (χ1) is 15.0. The number of hydrogen-bond donors (Lipinski definition) is 0. The van der Waals surface area contributed by atoms with Crippen LogP contribution >= 0.6 is 11.6 Å². The summed E-state index contributed by atoms with van der Waals surface area (Å²) in [4.78, 5) is 12.7. The fourth-order valence-electron chi connectivity index (χ4n) is 2.98. The number of carbonyl (C=O) groups is 1. The lowest BCUT2D eigenvalue weighted by Gasteiger charge is -2.11. The third kappa shape index (κ3) is 5.80. The van der Waals surface area contributed by atoms with Gasteiger partial charge in [0, 0.05) is 10.6 Å². The number of allylic oxidation sites excluding steroid dienone is 1. The fraction of sp³-hybridized carbons (Fsp3) is 0.160. The molecular formula is C25H23ClO5. The summed E-state index contributed by atoms with van der Waals surface area (Å²) in [5.41, 5.74) is 2.12. The third-order valence-corrected chi connectivity index (χ3v) is 4.86. The van der Waals surface area contributed by atoms with Gasteiger partial charge in [-0.05, 0) is 66.2 Å². The Labute approximate surface area is 186 Å². The third-order valence-electron chi connectivity index (χ3n) is 4.61. The highest BCUT2D eigenvalue weighted by Crippen LogP contribution is 2.26. The molecule has 5 nitrogen and oxygen atoms in total. The Morgan fingerprint density at radius 3 is 2.19 bits per heavy atom. The normalized spacial score (nSPS) is 10.7. The molecule has 0 aliphatic heterocycles. The summed E-state index contributed by atoms with van der Waals surface area (Å²) in [5.74, 6) is 2.29. The van der Waals surface area contributed by atoms with Crippen molar-refractivity contribution in [2.24, 2.45) is 0 Å². The van der Waals surface area contributed by atoms with E-state index in [0.29, 0.717) is 40.2 Å². The van der Waals surface area contributed by atoms with E-state index in [1.807, 2.05) is 18.2 Å². The van der Waals surface area contributed by atoms with Gasteiger partial charge >= 0.3 is 0 Å². The number of ether oxygens (including phenoxy) is 4. The van der Waals surface area contributed by atoms with Crippen LogP contribution in [0.4, 0.5) is 0 Å². The molecule has 0 heterocycles. The Kier molecular flexibility index (Phi) is 7.57.